The fourth-order valence-corrected chi connectivity index (χ4v) is 2.46. The van der Waals surface area contributed by atoms with E-state index in [9.17, 15) is 0 Å². The zero-order chi connectivity index (χ0) is 11.3. The van der Waals surface area contributed by atoms with Crippen LogP contribution >= 0.6 is 0 Å². The Morgan fingerprint density at radius 1 is 1.33 bits per heavy atom. The zero-order valence-corrected chi connectivity index (χ0v) is 10.4. The lowest BCUT2D eigenvalue weighted by molar-refractivity contribution is 0.237. The first-order valence-electron chi connectivity index (χ1n) is 6.14. The number of likely N-dealkylation sites (N-methyl/N-ethyl adjacent to an activating group) is 1. The molecule has 15 heavy (non-hydrogen) atoms. The minimum atomic E-state index is 0.127. The Hall–Kier alpha value is -0.340. The van der Waals surface area contributed by atoms with E-state index in [4.69, 9.17) is 5.73 Å². The molecular weight excluding hydrogens is 184 g/mol. The number of rotatable bonds is 5. The van der Waals surface area contributed by atoms with Crippen LogP contribution in [0, 0.1) is 0 Å². The molecule has 2 nitrogen and oxygen atoms in total. The van der Waals surface area contributed by atoms with E-state index in [-0.39, 0.29) is 5.54 Å². The van der Waals surface area contributed by atoms with Gasteiger partial charge in [0.2, 0.25) is 0 Å². The fraction of sp³-hybridized carbons (Fsp3) is 0.846. The highest BCUT2D eigenvalue weighted by molar-refractivity contribution is 4.92. The highest BCUT2D eigenvalue weighted by Crippen LogP contribution is 2.28. The van der Waals surface area contributed by atoms with Gasteiger partial charge in [-0.1, -0.05) is 31.4 Å². The quantitative estimate of drug-likeness (QED) is 0.707. The van der Waals surface area contributed by atoms with Crippen molar-refractivity contribution in [2.75, 3.05) is 20.1 Å². The molecule has 0 bridgehead atoms. The van der Waals surface area contributed by atoms with E-state index in [2.05, 4.69) is 25.5 Å². The van der Waals surface area contributed by atoms with E-state index in [1.165, 1.54) is 37.7 Å². The predicted molar refractivity (Wildman–Crippen MR) is 66.9 cm³/mol. The third-order valence-electron chi connectivity index (χ3n) is 3.38. The molecule has 0 atom stereocenters. The Morgan fingerprint density at radius 2 is 1.93 bits per heavy atom. The monoisotopic (exact) mass is 210 g/mol. The van der Waals surface area contributed by atoms with Gasteiger partial charge in [0.1, 0.15) is 0 Å². The van der Waals surface area contributed by atoms with Gasteiger partial charge in [-0.3, -0.25) is 0 Å². The molecule has 2 heteroatoms. The molecule has 0 saturated heterocycles. The van der Waals surface area contributed by atoms with Crippen LogP contribution < -0.4 is 5.73 Å². The Labute approximate surface area is 94.5 Å². The summed E-state index contributed by atoms with van der Waals surface area (Å²) in [5.74, 6) is 0. The van der Waals surface area contributed by atoms with Gasteiger partial charge in [0.25, 0.3) is 0 Å². The molecule has 1 aliphatic carbocycles. The van der Waals surface area contributed by atoms with Crippen molar-refractivity contribution in [2.24, 2.45) is 5.73 Å². The Balaban J connectivity index is 2.25. The van der Waals surface area contributed by atoms with Crippen LogP contribution in [0.2, 0.25) is 0 Å². The molecule has 0 aromatic rings. The molecule has 0 aromatic carbocycles. The van der Waals surface area contributed by atoms with E-state index < -0.39 is 0 Å². The lowest BCUT2D eigenvalue weighted by atomic mass is 9.80. The van der Waals surface area contributed by atoms with E-state index in [1.807, 2.05) is 0 Å². The van der Waals surface area contributed by atoms with Crippen LogP contribution in [0.15, 0.2) is 12.2 Å². The number of hydrogen-bond acceptors (Lipinski definition) is 2. The van der Waals surface area contributed by atoms with Crippen molar-refractivity contribution >= 4 is 0 Å². The van der Waals surface area contributed by atoms with Gasteiger partial charge in [-0.2, -0.15) is 0 Å². The van der Waals surface area contributed by atoms with Gasteiger partial charge in [-0.05, 0) is 39.8 Å². The molecule has 0 radical (unpaired) electrons. The largest absolute Gasteiger partial charge is 0.325 e. The second-order valence-electron chi connectivity index (χ2n) is 5.37. The first-order valence-corrected chi connectivity index (χ1v) is 6.14. The van der Waals surface area contributed by atoms with Gasteiger partial charge in [-0.25, -0.2) is 0 Å². The average Bonchev–Trinajstić information content (AvgIpc) is 2.15. The fourth-order valence-electron chi connectivity index (χ4n) is 2.46. The van der Waals surface area contributed by atoms with Crippen molar-refractivity contribution in [1.82, 2.24) is 4.90 Å². The van der Waals surface area contributed by atoms with E-state index in [0.717, 1.165) is 19.5 Å². The second kappa shape index (κ2) is 5.66. The van der Waals surface area contributed by atoms with Gasteiger partial charge in [0.15, 0.2) is 0 Å². The summed E-state index contributed by atoms with van der Waals surface area (Å²) in [7, 11) is 2.15. The summed E-state index contributed by atoms with van der Waals surface area (Å²) >= 11 is 0. The number of nitrogens with two attached hydrogens (primary N) is 1. The summed E-state index contributed by atoms with van der Waals surface area (Å²) in [5.41, 5.74) is 7.74. The van der Waals surface area contributed by atoms with Crippen molar-refractivity contribution in [3.8, 4) is 0 Å². The minimum absolute atomic E-state index is 0.127. The standard InChI is InChI=1S/C13H26N2/c1-12(2)11-15(3)10-9-13(14)7-5-4-6-8-13/h1,4-11,14H2,2-3H3. The summed E-state index contributed by atoms with van der Waals surface area (Å²) in [6.07, 6.45) is 7.58. The average molecular weight is 210 g/mol. The normalized spacial score (nSPS) is 20.5. The maximum atomic E-state index is 6.39. The molecule has 0 unspecified atom stereocenters. The molecule has 0 aliphatic heterocycles. The Bertz CT molecular complexity index is 205. The van der Waals surface area contributed by atoms with Crippen LogP contribution in [0.4, 0.5) is 0 Å². The van der Waals surface area contributed by atoms with E-state index in [0.29, 0.717) is 0 Å². The van der Waals surface area contributed by atoms with Gasteiger partial charge >= 0.3 is 0 Å². The van der Waals surface area contributed by atoms with Crippen molar-refractivity contribution in [3.05, 3.63) is 12.2 Å². The summed E-state index contributed by atoms with van der Waals surface area (Å²) in [6, 6.07) is 0. The molecule has 1 saturated carbocycles. The van der Waals surface area contributed by atoms with Crippen LogP contribution in [-0.4, -0.2) is 30.6 Å². The molecule has 0 aromatic heterocycles. The molecule has 1 aliphatic rings. The lowest BCUT2D eigenvalue weighted by Crippen LogP contribution is -2.44. The summed E-state index contributed by atoms with van der Waals surface area (Å²) in [6.45, 7) is 8.11. The molecule has 1 fully saturated rings. The molecule has 0 spiro atoms. The predicted octanol–water partition coefficient (Wildman–Crippen LogP) is 2.55. The minimum Gasteiger partial charge on any atom is -0.325 e. The molecule has 0 amide bonds. The highest BCUT2D eigenvalue weighted by atomic mass is 15.1. The van der Waals surface area contributed by atoms with Crippen molar-refractivity contribution in [2.45, 2.75) is 51.0 Å². The van der Waals surface area contributed by atoms with Gasteiger partial charge in [-0.15, -0.1) is 0 Å². The third-order valence-corrected chi connectivity index (χ3v) is 3.38. The first kappa shape index (κ1) is 12.7. The summed E-state index contributed by atoms with van der Waals surface area (Å²) in [5, 5.41) is 0. The summed E-state index contributed by atoms with van der Waals surface area (Å²) in [4.78, 5) is 2.32. The second-order valence-corrected chi connectivity index (χ2v) is 5.37. The summed E-state index contributed by atoms with van der Waals surface area (Å²) < 4.78 is 0. The van der Waals surface area contributed by atoms with Crippen molar-refractivity contribution in [1.29, 1.82) is 0 Å². The van der Waals surface area contributed by atoms with Crippen LogP contribution in [0.1, 0.15) is 45.4 Å². The first-order chi connectivity index (χ1) is 7.02. The Kier molecular flexibility index (Phi) is 4.81. The topological polar surface area (TPSA) is 29.3 Å². The highest BCUT2D eigenvalue weighted by Gasteiger charge is 2.26. The molecule has 0 heterocycles. The lowest BCUT2D eigenvalue weighted by Gasteiger charge is -2.34. The third kappa shape index (κ3) is 4.80. The van der Waals surface area contributed by atoms with E-state index >= 15 is 0 Å². The molecular formula is C13H26N2. The van der Waals surface area contributed by atoms with Crippen LogP contribution in [-0.2, 0) is 0 Å². The van der Waals surface area contributed by atoms with Gasteiger partial charge in [0.05, 0.1) is 0 Å². The Morgan fingerprint density at radius 3 is 2.47 bits per heavy atom. The van der Waals surface area contributed by atoms with Crippen LogP contribution in [0.5, 0.6) is 0 Å². The maximum absolute atomic E-state index is 6.39. The maximum Gasteiger partial charge on any atom is 0.0184 e. The van der Waals surface area contributed by atoms with Gasteiger partial charge < -0.3 is 10.6 Å². The molecule has 2 N–H and O–H groups in total. The smallest absolute Gasteiger partial charge is 0.0184 e. The number of hydrogen-bond donors (Lipinski definition) is 1. The molecule has 1 rings (SSSR count). The molecule has 88 valence electrons. The van der Waals surface area contributed by atoms with Crippen LogP contribution in [0.3, 0.4) is 0 Å². The SMILES string of the molecule is C=C(C)CN(C)CCC1(N)CCCCC1. The van der Waals surface area contributed by atoms with Gasteiger partial charge in [0, 0.05) is 12.1 Å². The number of nitrogens with zero attached hydrogens (tertiary/aromatic N) is 1. The zero-order valence-electron chi connectivity index (χ0n) is 10.4. The van der Waals surface area contributed by atoms with Crippen molar-refractivity contribution < 1.29 is 0 Å². The van der Waals surface area contributed by atoms with Crippen LogP contribution in [0.25, 0.3) is 0 Å². The van der Waals surface area contributed by atoms with E-state index in [1.54, 1.807) is 0 Å². The van der Waals surface area contributed by atoms with Crippen molar-refractivity contribution in [3.63, 3.8) is 0 Å².